The molecular formula is C11H11BrIN3S. The van der Waals surface area contributed by atoms with Crippen LogP contribution in [0.3, 0.4) is 0 Å². The van der Waals surface area contributed by atoms with Crippen LogP contribution in [0.4, 0.5) is 0 Å². The molecule has 0 aliphatic rings. The second-order valence-electron chi connectivity index (χ2n) is 3.52. The Morgan fingerprint density at radius 1 is 1.35 bits per heavy atom. The highest BCUT2D eigenvalue weighted by Gasteiger charge is 2.10. The quantitative estimate of drug-likeness (QED) is 0.766. The van der Waals surface area contributed by atoms with Gasteiger partial charge in [-0.15, -0.1) is 10.2 Å². The molecule has 3 nitrogen and oxygen atoms in total. The highest BCUT2D eigenvalue weighted by molar-refractivity contribution is 14.1. The summed E-state index contributed by atoms with van der Waals surface area (Å²) in [6.07, 6.45) is 1.87. The molecule has 1 aromatic carbocycles. The minimum absolute atomic E-state index is 0.696. The molecule has 0 amide bonds. The molecule has 2 rings (SSSR count). The van der Waals surface area contributed by atoms with E-state index < -0.39 is 0 Å². The standard InChI is InChI=1S/C11H11BrIN3S/c12-9-4-3-7(13)6-8(9)11-16-15-10(17-11)2-1-5-14/h3-4,6H,1-2,5,14H2. The van der Waals surface area contributed by atoms with E-state index in [1.165, 1.54) is 3.57 Å². The average Bonchev–Trinajstić information content (AvgIpc) is 2.78. The molecule has 0 atom stereocenters. The van der Waals surface area contributed by atoms with Crippen molar-refractivity contribution in [2.45, 2.75) is 12.8 Å². The van der Waals surface area contributed by atoms with Crippen LogP contribution >= 0.6 is 49.9 Å². The minimum atomic E-state index is 0.696. The van der Waals surface area contributed by atoms with Crippen molar-refractivity contribution in [1.82, 2.24) is 10.2 Å². The number of aromatic nitrogens is 2. The van der Waals surface area contributed by atoms with Gasteiger partial charge in [0.05, 0.1) is 0 Å². The Hall–Kier alpha value is -0.0500. The lowest BCUT2D eigenvalue weighted by molar-refractivity contribution is 0.812. The Balaban J connectivity index is 2.27. The number of nitrogens with two attached hydrogens (primary N) is 1. The van der Waals surface area contributed by atoms with Gasteiger partial charge in [-0.3, -0.25) is 0 Å². The van der Waals surface area contributed by atoms with E-state index in [0.29, 0.717) is 6.54 Å². The number of benzene rings is 1. The Bertz CT molecular complexity index is 515. The van der Waals surface area contributed by atoms with Gasteiger partial charge in [-0.1, -0.05) is 27.3 Å². The van der Waals surface area contributed by atoms with E-state index in [9.17, 15) is 0 Å². The molecule has 0 saturated heterocycles. The van der Waals surface area contributed by atoms with E-state index in [4.69, 9.17) is 5.73 Å². The Morgan fingerprint density at radius 2 is 2.18 bits per heavy atom. The average molecular weight is 424 g/mol. The summed E-state index contributed by atoms with van der Waals surface area (Å²) < 4.78 is 2.25. The summed E-state index contributed by atoms with van der Waals surface area (Å²) in [5.74, 6) is 0. The van der Waals surface area contributed by atoms with Gasteiger partial charge in [0.2, 0.25) is 0 Å². The number of halogens is 2. The number of rotatable bonds is 4. The lowest BCUT2D eigenvalue weighted by Crippen LogP contribution is -1.99. The molecule has 90 valence electrons. The summed E-state index contributed by atoms with van der Waals surface area (Å²) in [5, 5.41) is 10.4. The maximum absolute atomic E-state index is 5.49. The van der Waals surface area contributed by atoms with Crippen LogP contribution in [0.25, 0.3) is 10.6 Å². The topological polar surface area (TPSA) is 51.8 Å². The Labute approximate surface area is 126 Å². The molecule has 0 radical (unpaired) electrons. The van der Waals surface area contributed by atoms with Crippen LogP contribution in [0.5, 0.6) is 0 Å². The van der Waals surface area contributed by atoms with Gasteiger partial charge in [-0.25, -0.2) is 0 Å². The number of aryl methyl sites for hydroxylation is 1. The zero-order valence-electron chi connectivity index (χ0n) is 8.99. The van der Waals surface area contributed by atoms with Crippen molar-refractivity contribution < 1.29 is 0 Å². The summed E-state index contributed by atoms with van der Waals surface area (Å²) >= 11 is 7.48. The van der Waals surface area contributed by atoms with Crippen molar-refractivity contribution in [3.8, 4) is 10.6 Å². The van der Waals surface area contributed by atoms with Crippen molar-refractivity contribution in [3.63, 3.8) is 0 Å². The van der Waals surface area contributed by atoms with E-state index in [-0.39, 0.29) is 0 Å². The summed E-state index contributed by atoms with van der Waals surface area (Å²) in [6.45, 7) is 0.696. The molecule has 1 heterocycles. The molecule has 0 fully saturated rings. The second kappa shape index (κ2) is 6.21. The first kappa shape index (κ1) is 13.4. The highest BCUT2D eigenvalue weighted by Crippen LogP contribution is 2.32. The van der Waals surface area contributed by atoms with Crippen molar-refractivity contribution in [2.24, 2.45) is 5.73 Å². The summed E-state index contributed by atoms with van der Waals surface area (Å²) in [5.41, 5.74) is 6.59. The van der Waals surface area contributed by atoms with Gasteiger partial charge in [0.25, 0.3) is 0 Å². The van der Waals surface area contributed by atoms with Crippen LogP contribution in [-0.4, -0.2) is 16.7 Å². The lowest BCUT2D eigenvalue weighted by Gasteiger charge is -2.00. The molecular weight excluding hydrogens is 413 g/mol. The van der Waals surface area contributed by atoms with E-state index in [0.717, 1.165) is 32.9 Å². The third-order valence-corrected chi connectivity index (χ3v) is 4.60. The molecule has 0 bridgehead atoms. The monoisotopic (exact) mass is 423 g/mol. The van der Waals surface area contributed by atoms with Crippen LogP contribution in [0, 0.1) is 3.57 Å². The van der Waals surface area contributed by atoms with Gasteiger partial charge in [-0.2, -0.15) is 0 Å². The summed E-state index contributed by atoms with van der Waals surface area (Å²) in [4.78, 5) is 0. The van der Waals surface area contributed by atoms with Crippen molar-refractivity contribution in [2.75, 3.05) is 6.54 Å². The molecule has 2 N–H and O–H groups in total. The van der Waals surface area contributed by atoms with Gasteiger partial charge in [-0.05, 0) is 53.8 Å². The van der Waals surface area contributed by atoms with Crippen LogP contribution in [0.15, 0.2) is 22.7 Å². The van der Waals surface area contributed by atoms with E-state index in [1.807, 2.05) is 6.07 Å². The predicted molar refractivity (Wildman–Crippen MR) is 83.1 cm³/mol. The van der Waals surface area contributed by atoms with Gasteiger partial charge < -0.3 is 5.73 Å². The number of hydrogen-bond donors (Lipinski definition) is 1. The minimum Gasteiger partial charge on any atom is -0.330 e. The smallest absolute Gasteiger partial charge is 0.148 e. The van der Waals surface area contributed by atoms with Gasteiger partial charge in [0.1, 0.15) is 10.0 Å². The Kier molecular flexibility index (Phi) is 4.89. The second-order valence-corrected chi connectivity index (χ2v) is 6.68. The summed E-state index contributed by atoms with van der Waals surface area (Å²) in [7, 11) is 0. The first-order valence-electron chi connectivity index (χ1n) is 5.18. The molecule has 0 aliphatic heterocycles. The normalized spacial score (nSPS) is 10.8. The SMILES string of the molecule is NCCCc1nnc(-c2cc(I)ccc2Br)s1. The van der Waals surface area contributed by atoms with E-state index >= 15 is 0 Å². The zero-order chi connectivity index (χ0) is 12.3. The highest BCUT2D eigenvalue weighted by atomic mass is 127. The van der Waals surface area contributed by atoms with Gasteiger partial charge in [0.15, 0.2) is 0 Å². The first-order valence-corrected chi connectivity index (χ1v) is 7.87. The van der Waals surface area contributed by atoms with Crippen LogP contribution in [0.2, 0.25) is 0 Å². The lowest BCUT2D eigenvalue weighted by atomic mass is 10.2. The number of nitrogens with zero attached hydrogens (tertiary/aromatic N) is 2. The fourth-order valence-corrected chi connectivity index (χ4v) is 3.35. The molecule has 2 aromatic rings. The third-order valence-electron chi connectivity index (χ3n) is 2.22. The molecule has 6 heteroatoms. The predicted octanol–water partition coefficient (Wildman–Crippen LogP) is 3.46. The van der Waals surface area contributed by atoms with Gasteiger partial charge in [0, 0.05) is 20.0 Å². The van der Waals surface area contributed by atoms with Crippen LogP contribution in [0.1, 0.15) is 11.4 Å². The maximum atomic E-state index is 5.49. The third kappa shape index (κ3) is 3.46. The van der Waals surface area contributed by atoms with Crippen molar-refractivity contribution in [3.05, 3.63) is 31.2 Å². The van der Waals surface area contributed by atoms with Crippen molar-refractivity contribution >= 4 is 49.9 Å². The maximum Gasteiger partial charge on any atom is 0.148 e. The van der Waals surface area contributed by atoms with Gasteiger partial charge >= 0.3 is 0 Å². The van der Waals surface area contributed by atoms with Crippen molar-refractivity contribution in [1.29, 1.82) is 0 Å². The molecule has 0 unspecified atom stereocenters. The Morgan fingerprint density at radius 3 is 2.94 bits per heavy atom. The van der Waals surface area contributed by atoms with E-state index in [2.05, 4.69) is 60.9 Å². The summed E-state index contributed by atoms with van der Waals surface area (Å²) in [6, 6.07) is 6.21. The number of hydrogen-bond acceptors (Lipinski definition) is 4. The fraction of sp³-hybridized carbons (Fsp3) is 0.273. The first-order chi connectivity index (χ1) is 8.20. The largest absolute Gasteiger partial charge is 0.330 e. The van der Waals surface area contributed by atoms with Crippen LogP contribution < -0.4 is 5.73 Å². The molecule has 0 spiro atoms. The zero-order valence-corrected chi connectivity index (χ0v) is 13.5. The molecule has 0 saturated carbocycles. The fourth-order valence-electron chi connectivity index (χ4n) is 1.38. The van der Waals surface area contributed by atoms with E-state index in [1.54, 1.807) is 11.3 Å². The molecule has 17 heavy (non-hydrogen) atoms. The molecule has 1 aromatic heterocycles. The molecule has 0 aliphatic carbocycles. The van der Waals surface area contributed by atoms with Crippen LogP contribution in [-0.2, 0) is 6.42 Å².